The third-order valence-corrected chi connectivity index (χ3v) is 1.97. The highest BCUT2D eigenvalue weighted by molar-refractivity contribution is 5.93. The van der Waals surface area contributed by atoms with Crippen LogP contribution in [-0.4, -0.2) is 38.2 Å². The number of H-pyrrole nitrogens is 1. The van der Waals surface area contributed by atoms with Crippen molar-refractivity contribution >= 4 is 11.9 Å². The van der Waals surface area contributed by atoms with Gasteiger partial charge in [0.15, 0.2) is 0 Å². The standard InChI is InChI=1S/C9H14N4O3/c1-4(2)6-11-7(13-12-6)8(14)10-5(3)9(15)16/h4-5H,1-3H3,(H,10,14)(H,15,16)(H,11,12,13). The Morgan fingerprint density at radius 2 is 2.00 bits per heavy atom. The van der Waals surface area contributed by atoms with Crippen LogP contribution >= 0.6 is 0 Å². The van der Waals surface area contributed by atoms with Crippen molar-refractivity contribution in [2.24, 2.45) is 0 Å². The van der Waals surface area contributed by atoms with Gasteiger partial charge in [0.2, 0.25) is 5.82 Å². The second kappa shape index (κ2) is 4.73. The number of carboxylic acids is 1. The average Bonchev–Trinajstić information content (AvgIpc) is 2.65. The van der Waals surface area contributed by atoms with E-state index in [1.54, 1.807) is 0 Å². The van der Waals surface area contributed by atoms with E-state index in [0.717, 1.165) is 0 Å². The molecule has 1 amide bonds. The van der Waals surface area contributed by atoms with E-state index < -0.39 is 17.9 Å². The molecule has 0 saturated heterocycles. The van der Waals surface area contributed by atoms with Crippen LogP contribution in [0, 0.1) is 0 Å². The Labute approximate surface area is 92.3 Å². The molecule has 0 saturated carbocycles. The molecular weight excluding hydrogens is 212 g/mol. The minimum atomic E-state index is -1.10. The minimum Gasteiger partial charge on any atom is -0.480 e. The number of hydrogen-bond donors (Lipinski definition) is 3. The lowest BCUT2D eigenvalue weighted by Gasteiger charge is -2.06. The molecule has 1 rings (SSSR count). The highest BCUT2D eigenvalue weighted by Crippen LogP contribution is 2.07. The van der Waals surface area contributed by atoms with Crippen molar-refractivity contribution in [1.82, 2.24) is 20.5 Å². The zero-order valence-electron chi connectivity index (χ0n) is 9.31. The number of hydrogen-bond acceptors (Lipinski definition) is 4. The number of amides is 1. The zero-order valence-corrected chi connectivity index (χ0v) is 9.31. The van der Waals surface area contributed by atoms with Crippen molar-refractivity contribution in [3.63, 3.8) is 0 Å². The highest BCUT2D eigenvalue weighted by atomic mass is 16.4. The predicted molar refractivity (Wildman–Crippen MR) is 55.0 cm³/mol. The first-order valence-electron chi connectivity index (χ1n) is 4.87. The summed E-state index contributed by atoms with van der Waals surface area (Å²) in [6.45, 7) is 5.18. The van der Waals surface area contributed by atoms with Gasteiger partial charge in [-0.25, -0.2) is 4.98 Å². The smallest absolute Gasteiger partial charge is 0.325 e. The Morgan fingerprint density at radius 3 is 2.44 bits per heavy atom. The molecule has 16 heavy (non-hydrogen) atoms. The van der Waals surface area contributed by atoms with E-state index in [1.165, 1.54) is 6.92 Å². The predicted octanol–water partition coefficient (Wildman–Crippen LogP) is 0.131. The molecular formula is C9H14N4O3. The number of carboxylic acid groups (broad SMARTS) is 1. The molecule has 1 atom stereocenters. The van der Waals surface area contributed by atoms with Crippen LogP contribution in [0.5, 0.6) is 0 Å². The van der Waals surface area contributed by atoms with Crippen molar-refractivity contribution in [2.45, 2.75) is 32.7 Å². The van der Waals surface area contributed by atoms with E-state index in [9.17, 15) is 9.59 Å². The number of aliphatic carboxylic acids is 1. The van der Waals surface area contributed by atoms with E-state index in [2.05, 4.69) is 20.5 Å². The molecule has 0 aromatic carbocycles. The maximum absolute atomic E-state index is 11.5. The lowest BCUT2D eigenvalue weighted by atomic mass is 10.2. The quantitative estimate of drug-likeness (QED) is 0.676. The third kappa shape index (κ3) is 2.78. The summed E-state index contributed by atoms with van der Waals surface area (Å²) in [4.78, 5) is 25.9. The Hall–Kier alpha value is -1.92. The molecule has 3 N–H and O–H groups in total. The van der Waals surface area contributed by atoms with Crippen LogP contribution in [0.4, 0.5) is 0 Å². The number of nitrogens with one attached hydrogen (secondary N) is 2. The van der Waals surface area contributed by atoms with Gasteiger partial charge in [-0.05, 0) is 6.92 Å². The highest BCUT2D eigenvalue weighted by Gasteiger charge is 2.19. The fourth-order valence-electron chi connectivity index (χ4n) is 0.957. The van der Waals surface area contributed by atoms with Gasteiger partial charge < -0.3 is 10.4 Å². The number of rotatable bonds is 4. The van der Waals surface area contributed by atoms with E-state index >= 15 is 0 Å². The number of carbonyl (C=O) groups excluding carboxylic acids is 1. The Bertz CT molecular complexity index is 399. The summed E-state index contributed by atoms with van der Waals surface area (Å²) in [6.07, 6.45) is 0. The second-order valence-corrected chi connectivity index (χ2v) is 3.73. The van der Waals surface area contributed by atoms with Gasteiger partial charge in [0, 0.05) is 5.92 Å². The van der Waals surface area contributed by atoms with E-state index in [1.807, 2.05) is 13.8 Å². The van der Waals surface area contributed by atoms with Gasteiger partial charge in [-0.2, -0.15) is 0 Å². The van der Waals surface area contributed by atoms with Crippen LogP contribution < -0.4 is 5.32 Å². The molecule has 0 aliphatic heterocycles. The van der Waals surface area contributed by atoms with Gasteiger partial charge in [0.25, 0.3) is 5.91 Å². The summed E-state index contributed by atoms with van der Waals surface area (Å²) >= 11 is 0. The Balaban J connectivity index is 2.70. The molecule has 7 heteroatoms. The molecule has 1 aromatic heterocycles. The lowest BCUT2D eigenvalue weighted by Crippen LogP contribution is -2.38. The molecule has 0 aliphatic carbocycles. The van der Waals surface area contributed by atoms with E-state index in [4.69, 9.17) is 5.11 Å². The van der Waals surface area contributed by atoms with Gasteiger partial charge in [-0.15, -0.1) is 5.10 Å². The maximum atomic E-state index is 11.5. The monoisotopic (exact) mass is 226 g/mol. The first-order chi connectivity index (χ1) is 7.41. The molecule has 7 nitrogen and oxygen atoms in total. The van der Waals surface area contributed by atoms with Crippen LogP contribution in [0.2, 0.25) is 0 Å². The second-order valence-electron chi connectivity index (χ2n) is 3.73. The summed E-state index contributed by atoms with van der Waals surface area (Å²) in [6, 6.07) is -0.964. The molecule has 1 heterocycles. The molecule has 1 unspecified atom stereocenters. The van der Waals surface area contributed by atoms with Gasteiger partial charge in [-0.3, -0.25) is 14.7 Å². The number of aromatic amines is 1. The summed E-state index contributed by atoms with van der Waals surface area (Å²) in [5, 5.41) is 17.2. The average molecular weight is 226 g/mol. The molecule has 0 aliphatic rings. The van der Waals surface area contributed by atoms with Crippen LogP contribution in [-0.2, 0) is 4.79 Å². The van der Waals surface area contributed by atoms with Gasteiger partial charge in [-0.1, -0.05) is 13.8 Å². The summed E-state index contributed by atoms with van der Waals surface area (Å²) < 4.78 is 0. The first-order valence-corrected chi connectivity index (χ1v) is 4.87. The molecule has 0 fully saturated rings. The molecule has 1 aromatic rings. The first kappa shape index (κ1) is 12.2. The number of nitrogens with zero attached hydrogens (tertiary/aromatic N) is 2. The van der Waals surface area contributed by atoms with Crippen molar-refractivity contribution in [3.8, 4) is 0 Å². The van der Waals surface area contributed by atoms with Crippen molar-refractivity contribution in [1.29, 1.82) is 0 Å². The van der Waals surface area contributed by atoms with Crippen molar-refractivity contribution in [3.05, 3.63) is 11.6 Å². The third-order valence-electron chi connectivity index (χ3n) is 1.97. The molecule has 0 bridgehead atoms. The summed E-state index contributed by atoms with van der Waals surface area (Å²) in [5.41, 5.74) is 0. The summed E-state index contributed by atoms with van der Waals surface area (Å²) in [5.74, 6) is -1.03. The van der Waals surface area contributed by atoms with E-state index in [-0.39, 0.29) is 11.7 Å². The van der Waals surface area contributed by atoms with Crippen LogP contribution in [0.25, 0.3) is 0 Å². The van der Waals surface area contributed by atoms with Gasteiger partial charge in [0.05, 0.1) is 0 Å². The fraction of sp³-hybridized carbons (Fsp3) is 0.556. The zero-order chi connectivity index (χ0) is 12.3. The van der Waals surface area contributed by atoms with E-state index in [0.29, 0.717) is 5.82 Å². The Kier molecular flexibility index (Phi) is 3.60. The molecule has 88 valence electrons. The fourth-order valence-corrected chi connectivity index (χ4v) is 0.957. The van der Waals surface area contributed by atoms with Crippen molar-refractivity contribution in [2.75, 3.05) is 0 Å². The van der Waals surface area contributed by atoms with Crippen LogP contribution in [0.1, 0.15) is 43.1 Å². The molecule has 0 spiro atoms. The summed E-state index contributed by atoms with van der Waals surface area (Å²) in [7, 11) is 0. The minimum absolute atomic E-state index is 0.0446. The Morgan fingerprint density at radius 1 is 1.38 bits per heavy atom. The topological polar surface area (TPSA) is 108 Å². The van der Waals surface area contributed by atoms with Gasteiger partial charge in [0.1, 0.15) is 11.9 Å². The largest absolute Gasteiger partial charge is 0.480 e. The van der Waals surface area contributed by atoms with Gasteiger partial charge >= 0.3 is 5.97 Å². The van der Waals surface area contributed by atoms with Crippen molar-refractivity contribution < 1.29 is 14.7 Å². The SMILES string of the molecule is CC(NC(=O)c1n[nH]c(C(C)C)n1)C(=O)O. The number of carbonyl (C=O) groups is 2. The molecule has 0 radical (unpaired) electrons. The maximum Gasteiger partial charge on any atom is 0.325 e. The normalized spacial score (nSPS) is 12.5. The van der Waals surface area contributed by atoms with Crippen LogP contribution in [0.15, 0.2) is 0 Å². The lowest BCUT2D eigenvalue weighted by molar-refractivity contribution is -0.138. The van der Waals surface area contributed by atoms with Crippen LogP contribution in [0.3, 0.4) is 0 Å². The number of aromatic nitrogens is 3.